The second-order valence-electron chi connectivity index (χ2n) is 3.94. The summed E-state index contributed by atoms with van der Waals surface area (Å²) in [6.07, 6.45) is 8.33. The van der Waals surface area contributed by atoms with E-state index in [2.05, 4.69) is 125 Å². The van der Waals surface area contributed by atoms with E-state index in [9.17, 15) is 4.79 Å². The van der Waals surface area contributed by atoms with Gasteiger partial charge in [0.2, 0.25) is 0 Å². The molecule has 0 atom stereocenters. The monoisotopic (exact) mass is 393 g/mol. The summed E-state index contributed by atoms with van der Waals surface area (Å²) in [4.78, 5) is 10.9. The van der Waals surface area contributed by atoms with Crippen molar-refractivity contribution in [2.45, 2.75) is 6.92 Å². The van der Waals surface area contributed by atoms with Crippen LogP contribution in [0.2, 0.25) is 0 Å². The van der Waals surface area contributed by atoms with Gasteiger partial charge in [-0.3, -0.25) is 4.79 Å². The van der Waals surface area contributed by atoms with Crippen LogP contribution in [-0.2, 0) is 13.3 Å². The first-order valence-corrected chi connectivity index (χ1v) is 8.05. The molecular weight excluding hydrogens is 387 g/mol. The molecule has 3 nitrogen and oxygen atoms in total. The number of allylic oxidation sites excluding steroid dienone is 1. The molecule has 0 aromatic rings. The molecule has 0 saturated carbocycles. The highest BCUT2D eigenvalue weighted by atomic mass is 27.1. The molecule has 0 aliphatic rings. The number of rotatable bonds is 3. The van der Waals surface area contributed by atoms with Gasteiger partial charge in [0.05, 0.1) is 6.08 Å². The van der Waals surface area contributed by atoms with Gasteiger partial charge in [-0.2, -0.15) is 0 Å². The quantitative estimate of drug-likeness (QED) is 0.291. The predicted molar refractivity (Wildman–Crippen MR) is 115 cm³/mol. The highest BCUT2D eigenvalue weighted by molar-refractivity contribution is 5.99. The van der Waals surface area contributed by atoms with Gasteiger partial charge in [-0.15, -0.1) is 6.42 Å². The van der Waals surface area contributed by atoms with E-state index in [1.54, 1.807) is 0 Å². The lowest BCUT2D eigenvalue weighted by molar-refractivity contribution is -0.112. The largest absolute Gasteiger partial charge is 0.623 e. The molecule has 0 rings (SSSR count). The Morgan fingerprint density at radius 1 is 0.667 bits per heavy atom. The molecule has 1 radical (unpaired) electrons. The molecule has 0 bridgehead atoms. The summed E-state index contributed by atoms with van der Waals surface area (Å²) in [5.74, 6) is 48.4. The summed E-state index contributed by atoms with van der Waals surface area (Å²) in [6.45, 7) is 1.36. The molecule has 0 unspecified atom stereocenters. The zero-order chi connectivity index (χ0) is 22.1. The predicted octanol–water partition coefficient (Wildman–Crippen LogP) is -0.110. The lowest BCUT2D eigenvalue weighted by atomic mass is 10.4. The van der Waals surface area contributed by atoms with Gasteiger partial charge in [0.1, 0.15) is 6.11 Å². The maximum Gasteiger partial charge on any atom is 0.497 e. The molecule has 4 heteroatoms. The highest BCUT2D eigenvalue weighted by Crippen LogP contribution is 1.95. The Kier molecular flexibility index (Phi) is 16.5. The summed E-state index contributed by atoms with van der Waals surface area (Å²) >= 11 is 1.15. The smallest absolute Gasteiger partial charge is 0.497 e. The fraction of sp³-hybridized carbons (Fsp3) is 0.0385. The van der Waals surface area contributed by atoms with Crippen molar-refractivity contribution < 1.29 is 13.3 Å². The second kappa shape index (κ2) is 20.0. The van der Waals surface area contributed by atoms with Crippen LogP contribution in [0.3, 0.4) is 0 Å². The minimum Gasteiger partial charge on any atom is -0.623 e. The molecule has 0 saturated heterocycles. The maximum absolute atomic E-state index is 10.9. The maximum atomic E-state index is 10.9. The van der Waals surface area contributed by atoms with Gasteiger partial charge in [-0.05, 0) is 54.3 Å². The number of terminal acetylenes is 1. The van der Waals surface area contributed by atoms with Gasteiger partial charge in [0.15, 0.2) is 5.78 Å². The molecular formula is C26H6AlO3. The second-order valence-corrected chi connectivity index (χ2v) is 4.23. The number of carbonyl (C=O) groups excluding carboxylic acids is 1. The Labute approximate surface area is 185 Å². The molecule has 131 valence electrons. The van der Waals surface area contributed by atoms with Crippen molar-refractivity contribution in [1.29, 1.82) is 0 Å². The van der Waals surface area contributed by atoms with Crippen molar-refractivity contribution in [1.82, 2.24) is 0 Å². The molecule has 0 spiro atoms. The van der Waals surface area contributed by atoms with Crippen LogP contribution in [0.25, 0.3) is 0 Å². The fourth-order valence-corrected chi connectivity index (χ4v) is 1.08. The third-order valence-electron chi connectivity index (χ3n) is 1.86. The molecule has 0 aliphatic carbocycles. The first-order chi connectivity index (χ1) is 14.7. The lowest BCUT2D eigenvalue weighted by Gasteiger charge is -2.01. The van der Waals surface area contributed by atoms with Gasteiger partial charge in [-0.25, -0.2) is 0 Å². The van der Waals surface area contributed by atoms with E-state index in [0.29, 0.717) is 0 Å². The minimum atomic E-state index is -0.227. The van der Waals surface area contributed by atoms with Crippen molar-refractivity contribution in [3.8, 4) is 131 Å². The third kappa shape index (κ3) is 19.0. The van der Waals surface area contributed by atoms with Crippen LogP contribution in [-0.4, -0.2) is 22.4 Å². The van der Waals surface area contributed by atoms with E-state index >= 15 is 0 Å². The molecule has 0 aromatic heterocycles. The number of hydrogen-bond donors (Lipinski definition) is 0. The van der Waals surface area contributed by atoms with E-state index in [-0.39, 0.29) is 11.7 Å². The summed E-state index contributed by atoms with van der Waals surface area (Å²) in [5, 5.41) is 0. The van der Waals surface area contributed by atoms with E-state index in [0.717, 1.165) is 22.7 Å². The molecule has 0 aliphatic heterocycles. The Morgan fingerprint density at radius 3 is 1.30 bits per heavy atom. The molecule has 0 heterocycles. The van der Waals surface area contributed by atoms with Crippen molar-refractivity contribution >= 4 is 22.4 Å². The summed E-state index contributed by atoms with van der Waals surface area (Å²) in [6, 6.07) is 0. The van der Waals surface area contributed by atoms with Crippen molar-refractivity contribution in [3.63, 3.8) is 0 Å². The molecule has 0 fully saturated rings. The van der Waals surface area contributed by atoms with Crippen LogP contribution < -0.4 is 0 Å². The van der Waals surface area contributed by atoms with Crippen LogP contribution in [0.15, 0.2) is 12.0 Å². The standard InChI is InChI=1S/C26H6O3.Al.H/c1-3-4-5-6-7-8-9-10-11-12-13-14-15-16-17-18-19-20-21-22-23-29-26(28)24-25(2)27;;/h1,24,28H,2H3;;/q;+1;/p-1. The summed E-state index contributed by atoms with van der Waals surface area (Å²) in [5.41, 5.74) is 0. The topological polar surface area (TPSA) is 35.5 Å². The van der Waals surface area contributed by atoms with Crippen molar-refractivity contribution in [2.75, 3.05) is 0 Å². The van der Waals surface area contributed by atoms with Gasteiger partial charge in [-0.1, -0.05) is 0 Å². The van der Waals surface area contributed by atoms with E-state index in [1.165, 1.54) is 6.92 Å². The Bertz CT molecular complexity index is 1380. The lowest BCUT2D eigenvalue weighted by Crippen LogP contribution is -1.94. The SMILES string of the molecule is C#CC#CC#CC#CC#CC#CC#CC#CC#CC#CC#COC(=CC(C)=O)[O][AlH]. The Morgan fingerprint density at radius 2 is 1.00 bits per heavy atom. The van der Waals surface area contributed by atoms with E-state index in [1.807, 2.05) is 0 Å². The van der Waals surface area contributed by atoms with Crippen LogP contribution in [0.1, 0.15) is 6.92 Å². The first kappa shape index (κ1) is 24.7. The third-order valence-corrected chi connectivity index (χ3v) is 2.15. The normalized spacial score (nSPS) is 5.93. The number of carbonyl (C=O) groups is 1. The van der Waals surface area contributed by atoms with Crippen molar-refractivity contribution in [3.05, 3.63) is 12.0 Å². The van der Waals surface area contributed by atoms with Gasteiger partial charge < -0.3 is 8.53 Å². The number of hydrogen-bond acceptors (Lipinski definition) is 3. The van der Waals surface area contributed by atoms with E-state index in [4.69, 9.17) is 14.9 Å². The Balaban J connectivity index is 4.49. The molecule has 0 N–H and O–H groups in total. The van der Waals surface area contributed by atoms with Crippen LogP contribution >= 0.6 is 0 Å². The van der Waals surface area contributed by atoms with E-state index < -0.39 is 0 Å². The highest BCUT2D eigenvalue weighted by Gasteiger charge is 1.95. The number of ether oxygens (including phenoxy) is 1. The van der Waals surface area contributed by atoms with Crippen LogP contribution in [0.4, 0.5) is 0 Å². The zero-order valence-electron chi connectivity index (χ0n) is 15.6. The molecule has 0 aromatic carbocycles. The van der Waals surface area contributed by atoms with Crippen molar-refractivity contribution in [2.24, 2.45) is 0 Å². The average Bonchev–Trinajstić information content (AvgIpc) is 2.73. The molecule has 0 amide bonds. The molecule has 30 heavy (non-hydrogen) atoms. The van der Waals surface area contributed by atoms with Gasteiger partial charge in [0.25, 0.3) is 5.95 Å². The average molecular weight is 393 g/mol. The zero-order valence-corrected chi connectivity index (χ0v) is 17.0. The minimum absolute atomic E-state index is 0.00990. The van der Waals surface area contributed by atoms with Crippen LogP contribution in [0, 0.1) is 131 Å². The van der Waals surface area contributed by atoms with Crippen LogP contribution in [0.5, 0.6) is 0 Å². The first-order valence-electron chi connectivity index (χ1n) is 7.47. The fourth-order valence-electron chi connectivity index (χ4n) is 0.935. The summed E-state index contributed by atoms with van der Waals surface area (Å²) < 4.78 is 9.66. The van der Waals surface area contributed by atoms with Gasteiger partial charge in [0, 0.05) is 71.0 Å². The Hall–Kier alpha value is -5.30. The summed E-state index contributed by atoms with van der Waals surface area (Å²) in [7, 11) is 0. The number of ketones is 1. The van der Waals surface area contributed by atoms with Gasteiger partial charge >= 0.3 is 16.6 Å².